The number of hydrogen-bond donors (Lipinski definition) is 1. The van der Waals surface area contributed by atoms with Crippen LogP contribution in [-0.2, 0) is 9.59 Å². The summed E-state index contributed by atoms with van der Waals surface area (Å²) in [7, 11) is 1.00. The Balaban J connectivity index is 0.00000146. The van der Waals surface area contributed by atoms with Crippen LogP contribution in [-0.4, -0.2) is 31.0 Å². The molecule has 0 radical (unpaired) electrons. The maximum Gasteiger partial charge on any atom is 1.00 e. The second kappa shape index (κ2) is 14.7. The second-order valence-corrected chi connectivity index (χ2v) is 6.93. The minimum absolute atomic E-state index is 0. The summed E-state index contributed by atoms with van der Waals surface area (Å²) in [6.45, 7) is 2.33. The van der Waals surface area contributed by atoms with E-state index in [-0.39, 0.29) is 57.2 Å². The first-order valence-corrected chi connectivity index (χ1v) is 9.95. The number of Topliss-reactive ketones (excluding diaryl/α,β-unsaturated/α-hetero) is 1. The van der Waals surface area contributed by atoms with Gasteiger partial charge in [-0.2, -0.15) is 6.20 Å². The molecular formula is C24H29KN2O3. The van der Waals surface area contributed by atoms with Crippen LogP contribution in [0.2, 0.25) is 0 Å². The fraction of sp³-hybridized carbons (Fsp3) is 0.333. The Morgan fingerprint density at radius 3 is 2.30 bits per heavy atom. The maximum absolute atomic E-state index is 11.5. The summed E-state index contributed by atoms with van der Waals surface area (Å²) >= 11 is 0. The zero-order valence-corrected chi connectivity index (χ0v) is 21.3. The summed E-state index contributed by atoms with van der Waals surface area (Å²) in [6.07, 6.45) is 7.31. The maximum atomic E-state index is 11.5. The summed E-state index contributed by atoms with van der Waals surface area (Å²) in [5, 5.41) is 8.14. The van der Waals surface area contributed by atoms with Gasteiger partial charge in [-0.15, -0.1) is 5.52 Å². The fourth-order valence-corrected chi connectivity index (χ4v) is 3.27. The van der Waals surface area contributed by atoms with Gasteiger partial charge in [-0.05, 0) is 48.4 Å². The molecule has 6 heteroatoms. The van der Waals surface area contributed by atoms with Crippen LogP contribution in [0.5, 0.6) is 0 Å². The molecule has 0 fully saturated rings. The van der Waals surface area contributed by atoms with Crippen LogP contribution in [0.3, 0.4) is 0 Å². The first-order valence-electron chi connectivity index (χ1n) is 9.95. The van der Waals surface area contributed by atoms with Crippen LogP contribution >= 0.6 is 0 Å². The molecule has 1 aromatic heterocycles. The Morgan fingerprint density at radius 2 is 1.63 bits per heavy atom. The van der Waals surface area contributed by atoms with E-state index in [1.807, 2.05) is 36.5 Å². The van der Waals surface area contributed by atoms with E-state index in [2.05, 4.69) is 23.2 Å². The smallest absolute Gasteiger partial charge is 0.664 e. The molecule has 0 aliphatic rings. The number of hydrogen-bond acceptors (Lipinski definition) is 3. The largest absolute Gasteiger partial charge is 1.00 e. The predicted molar refractivity (Wildman–Crippen MR) is 118 cm³/mol. The third kappa shape index (κ3) is 8.10. The van der Waals surface area contributed by atoms with Crippen molar-refractivity contribution in [2.24, 2.45) is 0 Å². The van der Waals surface area contributed by atoms with Gasteiger partial charge in [0.25, 0.3) is 0 Å². The molecule has 154 valence electrons. The number of rotatable bonds is 10. The number of carbonyl (C=O) groups is 2. The van der Waals surface area contributed by atoms with Gasteiger partial charge < -0.3 is 19.8 Å². The molecular weight excluding hydrogens is 403 g/mol. The Hall–Kier alpha value is -1.28. The minimum atomic E-state index is 0. The number of benzene rings is 2. The van der Waals surface area contributed by atoms with Crippen molar-refractivity contribution in [3.63, 3.8) is 0 Å². The van der Waals surface area contributed by atoms with Crippen molar-refractivity contribution in [2.75, 3.05) is 18.6 Å². The SMILES string of the molecule is CC(=O)CCCCCCN(C=O)c1ccc(-c2ccc3cc[n-]c3c2)cc1.CO.[K+]. The number of nitrogens with zero attached hydrogens (tertiary/aromatic N) is 2. The van der Waals surface area contributed by atoms with Crippen molar-refractivity contribution in [2.45, 2.75) is 39.0 Å². The van der Waals surface area contributed by atoms with E-state index in [1.54, 1.807) is 11.8 Å². The molecule has 3 aromatic rings. The summed E-state index contributed by atoms with van der Waals surface area (Å²) < 4.78 is 0. The minimum Gasteiger partial charge on any atom is -0.664 e. The molecule has 0 aliphatic carbocycles. The zero-order valence-electron chi connectivity index (χ0n) is 18.2. The topological polar surface area (TPSA) is 71.7 Å². The molecule has 1 amide bonds. The number of unbranched alkanes of at least 4 members (excludes halogenated alkanes) is 3. The summed E-state index contributed by atoms with van der Waals surface area (Å²) in [4.78, 5) is 28.5. The molecule has 0 saturated heterocycles. The molecule has 1 N–H and O–H groups in total. The third-order valence-electron chi connectivity index (χ3n) is 4.84. The third-order valence-corrected chi connectivity index (χ3v) is 4.84. The average molecular weight is 433 g/mol. The average Bonchev–Trinajstić information content (AvgIpc) is 3.23. The number of ketones is 1. The van der Waals surface area contributed by atoms with Crippen molar-refractivity contribution in [3.05, 3.63) is 54.7 Å². The van der Waals surface area contributed by atoms with Crippen LogP contribution in [0.1, 0.15) is 39.0 Å². The first kappa shape index (κ1) is 26.8. The molecule has 2 aromatic carbocycles. The van der Waals surface area contributed by atoms with Gasteiger partial charge >= 0.3 is 51.4 Å². The molecule has 3 rings (SSSR count). The number of amides is 1. The first-order chi connectivity index (χ1) is 14.2. The van der Waals surface area contributed by atoms with Crippen LogP contribution in [0.15, 0.2) is 54.7 Å². The van der Waals surface area contributed by atoms with E-state index in [0.717, 1.165) is 66.9 Å². The van der Waals surface area contributed by atoms with E-state index in [4.69, 9.17) is 5.11 Å². The number of aliphatic hydroxyl groups excluding tert-OH is 1. The monoisotopic (exact) mass is 432 g/mol. The summed E-state index contributed by atoms with van der Waals surface area (Å²) in [6, 6.07) is 16.3. The van der Waals surface area contributed by atoms with Gasteiger partial charge in [0.05, 0.1) is 0 Å². The molecule has 0 saturated carbocycles. The molecule has 0 bridgehead atoms. The number of fused-ring (bicyclic) bond motifs is 1. The fourth-order valence-electron chi connectivity index (χ4n) is 3.27. The Kier molecular flexibility index (Phi) is 13.1. The van der Waals surface area contributed by atoms with Gasteiger partial charge in [0, 0.05) is 25.8 Å². The van der Waals surface area contributed by atoms with E-state index in [1.165, 1.54) is 0 Å². The van der Waals surface area contributed by atoms with E-state index < -0.39 is 0 Å². The molecule has 0 unspecified atom stereocenters. The number of aliphatic hydroxyl groups is 1. The van der Waals surface area contributed by atoms with Gasteiger partial charge in [0.1, 0.15) is 5.78 Å². The normalized spacial score (nSPS) is 9.97. The Bertz CT molecular complexity index is 906. The second-order valence-electron chi connectivity index (χ2n) is 6.93. The summed E-state index contributed by atoms with van der Waals surface area (Å²) in [5.41, 5.74) is 4.13. The van der Waals surface area contributed by atoms with Gasteiger partial charge in [0.2, 0.25) is 6.41 Å². The van der Waals surface area contributed by atoms with E-state index in [0.29, 0.717) is 13.0 Å². The van der Waals surface area contributed by atoms with Crippen molar-refractivity contribution >= 4 is 28.8 Å². The van der Waals surface area contributed by atoms with Crippen LogP contribution in [0, 0.1) is 0 Å². The molecule has 5 nitrogen and oxygen atoms in total. The van der Waals surface area contributed by atoms with Crippen LogP contribution < -0.4 is 61.3 Å². The zero-order chi connectivity index (χ0) is 21.1. The number of aromatic nitrogens is 1. The molecule has 0 aliphatic heterocycles. The van der Waals surface area contributed by atoms with Gasteiger partial charge in [-0.1, -0.05) is 49.2 Å². The van der Waals surface area contributed by atoms with E-state index in [9.17, 15) is 9.59 Å². The van der Waals surface area contributed by atoms with Crippen LogP contribution in [0.4, 0.5) is 5.69 Å². The molecule has 0 spiro atoms. The van der Waals surface area contributed by atoms with Crippen molar-refractivity contribution in [1.82, 2.24) is 4.98 Å². The standard InChI is InChI=1S/C23H25N2O2.CH4O.K/c1-18(27)6-4-2-3-5-15-25(17-26)22-11-9-19(10-12-22)21-8-7-20-13-14-24-23(20)16-21;1-2;/h7-14,16-17H,2-6,15H2,1H3;2H,1H3;/q-1;;+1. The van der Waals surface area contributed by atoms with Crippen molar-refractivity contribution < 1.29 is 66.1 Å². The van der Waals surface area contributed by atoms with Gasteiger partial charge in [0.15, 0.2) is 0 Å². The molecule has 1 heterocycles. The van der Waals surface area contributed by atoms with Crippen molar-refractivity contribution in [1.29, 1.82) is 0 Å². The van der Waals surface area contributed by atoms with Gasteiger partial charge in [-0.25, -0.2) is 0 Å². The molecule has 0 atom stereocenters. The number of carbonyl (C=O) groups excluding carboxylic acids is 2. The summed E-state index contributed by atoms with van der Waals surface area (Å²) in [5.74, 6) is 0.248. The Morgan fingerprint density at radius 1 is 0.967 bits per heavy atom. The predicted octanol–water partition coefficient (Wildman–Crippen LogP) is 1.58. The molecule has 30 heavy (non-hydrogen) atoms. The number of anilines is 1. The van der Waals surface area contributed by atoms with E-state index >= 15 is 0 Å². The van der Waals surface area contributed by atoms with Gasteiger partial charge in [-0.3, -0.25) is 4.79 Å². The quantitative estimate of drug-likeness (QED) is 0.300. The Labute approximate surface area is 221 Å². The van der Waals surface area contributed by atoms with Crippen LogP contribution in [0.25, 0.3) is 22.0 Å². The van der Waals surface area contributed by atoms with Crippen molar-refractivity contribution in [3.8, 4) is 11.1 Å².